The van der Waals surface area contributed by atoms with Gasteiger partial charge in [-0.25, -0.2) is 4.79 Å². The predicted molar refractivity (Wildman–Crippen MR) is 104 cm³/mol. The van der Waals surface area contributed by atoms with Gasteiger partial charge in [0.1, 0.15) is 5.69 Å². The average molecular weight is 382 g/mol. The fraction of sp³-hybridized carbons (Fsp3) is 0.278. The highest BCUT2D eigenvalue weighted by Gasteiger charge is 2.33. The van der Waals surface area contributed by atoms with Gasteiger partial charge in [0.2, 0.25) is 5.52 Å². The predicted octanol–water partition coefficient (Wildman–Crippen LogP) is 2.05. The summed E-state index contributed by atoms with van der Waals surface area (Å²) in [6.07, 6.45) is 1.66. The SMILES string of the molecule is CCCCn1c(-c2ccccc2)c([N+](=O)[O-])n2c3c(=O)[nH]c(=O)n(C)c3nc12. The number of H-pyrrole nitrogens is 1. The van der Waals surface area contributed by atoms with Gasteiger partial charge in [0.25, 0.3) is 0 Å². The molecule has 1 N–H and O–H groups in total. The molecule has 0 unspecified atom stereocenters. The first kappa shape index (κ1) is 17.7. The van der Waals surface area contributed by atoms with Crippen molar-refractivity contribution in [3.63, 3.8) is 0 Å². The van der Waals surface area contributed by atoms with Crippen LogP contribution < -0.4 is 11.2 Å². The molecule has 4 rings (SSSR count). The third-order valence-corrected chi connectivity index (χ3v) is 4.79. The topological polar surface area (TPSA) is 120 Å². The lowest BCUT2D eigenvalue weighted by atomic mass is 10.1. The van der Waals surface area contributed by atoms with E-state index in [0.717, 1.165) is 12.8 Å². The molecule has 3 heterocycles. The molecule has 0 aliphatic heterocycles. The number of unbranched alkanes of at least 4 members (excludes halogenated alkanes) is 1. The molecular weight excluding hydrogens is 364 g/mol. The lowest BCUT2D eigenvalue weighted by Crippen LogP contribution is -2.28. The van der Waals surface area contributed by atoms with Crippen LogP contribution in [0.1, 0.15) is 19.8 Å². The summed E-state index contributed by atoms with van der Waals surface area (Å²) in [6.45, 7) is 2.51. The van der Waals surface area contributed by atoms with Crippen LogP contribution in [0.25, 0.3) is 28.2 Å². The second kappa shape index (κ2) is 6.48. The van der Waals surface area contributed by atoms with E-state index in [1.165, 1.54) is 16.0 Å². The Balaban J connectivity index is 2.24. The van der Waals surface area contributed by atoms with Crippen molar-refractivity contribution >= 4 is 22.8 Å². The van der Waals surface area contributed by atoms with Crippen molar-refractivity contribution in [2.45, 2.75) is 26.3 Å². The fourth-order valence-electron chi connectivity index (χ4n) is 3.46. The van der Waals surface area contributed by atoms with Crippen molar-refractivity contribution < 1.29 is 4.92 Å². The van der Waals surface area contributed by atoms with E-state index in [1.807, 2.05) is 13.0 Å². The summed E-state index contributed by atoms with van der Waals surface area (Å²) >= 11 is 0. The van der Waals surface area contributed by atoms with Gasteiger partial charge in [-0.1, -0.05) is 43.7 Å². The summed E-state index contributed by atoms with van der Waals surface area (Å²) in [5.74, 6) is 0.0182. The summed E-state index contributed by atoms with van der Waals surface area (Å²) in [4.78, 5) is 42.6. The van der Waals surface area contributed by atoms with E-state index in [2.05, 4.69) is 9.97 Å². The number of benzene rings is 1. The zero-order valence-electron chi connectivity index (χ0n) is 15.4. The highest BCUT2D eigenvalue weighted by atomic mass is 16.6. The third kappa shape index (κ3) is 2.45. The number of aromatic amines is 1. The van der Waals surface area contributed by atoms with Gasteiger partial charge in [0.15, 0.2) is 5.65 Å². The van der Waals surface area contributed by atoms with E-state index in [1.54, 1.807) is 28.8 Å². The van der Waals surface area contributed by atoms with Gasteiger partial charge >= 0.3 is 22.8 Å². The summed E-state index contributed by atoms with van der Waals surface area (Å²) in [6, 6.07) is 9.00. The Bertz CT molecular complexity index is 1330. The highest BCUT2D eigenvalue weighted by Crippen LogP contribution is 2.35. The maximum atomic E-state index is 12.5. The second-order valence-electron chi connectivity index (χ2n) is 6.54. The maximum absolute atomic E-state index is 12.5. The van der Waals surface area contributed by atoms with Crippen molar-refractivity contribution in [1.29, 1.82) is 0 Å². The minimum Gasteiger partial charge on any atom is -0.358 e. The molecule has 0 amide bonds. The average Bonchev–Trinajstić information content (AvgIpc) is 3.20. The van der Waals surface area contributed by atoms with Crippen LogP contribution in [0.3, 0.4) is 0 Å². The van der Waals surface area contributed by atoms with Crippen LogP contribution in [-0.2, 0) is 13.6 Å². The Morgan fingerprint density at radius 2 is 1.93 bits per heavy atom. The van der Waals surface area contributed by atoms with Crippen molar-refractivity contribution in [3.05, 3.63) is 61.3 Å². The molecule has 10 heteroatoms. The van der Waals surface area contributed by atoms with E-state index < -0.39 is 16.2 Å². The summed E-state index contributed by atoms with van der Waals surface area (Å²) < 4.78 is 4.17. The molecule has 0 aliphatic rings. The molecule has 0 saturated heterocycles. The Morgan fingerprint density at radius 3 is 2.57 bits per heavy atom. The van der Waals surface area contributed by atoms with E-state index in [4.69, 9.17) is 0 Å². The maximum Gasteiger partial charge on any atom is 0.355 e. The van der Waals surface area contributed by atoms with Gasteiger partial charge in [0.05, 0.1) is 0 Å². The second-order valence-corrected chi connectivity index (χ2v) is 6.54. The number of aryl methyl sites for hydroxylation is 2. The lowest BCUT2D eigenvalue weighted by Gasteiger charge is -2.07. The molecule has 0 aliphatic carbocycles. The van der Waals surface area contributed by atoms with Gasteiger partial charge in [-0.15, -0.1) is 4.40 Å². The smallest absolute Gasteiger partial charge is 0.355 e. The molecule has 0 fully saturated rings. The quantitative estimate of drug-likeness (QED) is 0.418. The summed E-state index contributed by atoms with van der Waals surface area (Å²) in [5, 5.41) is 12.1. The van der Waals surface area contributed by atoms with Crippen molar-refractivity contribution in [2.24, 2.45) is 7.05 Å². The summed E-state index contributed by atoms with van der Waals surface area (Å²) in [7, 11) is 1.47. The van der Waals surface area contributed by atoms with E-state index in [0.29, 0.717) is 17.8 Å². The molecule has 0 bridgehead atoms. The molecule has 0 radical (unpaired) electrons. The lowest BCUT2D eigenvalue weighted by molar-refractivity contribution is -0.389. The number of hydrogen-bond donors (Lipinski definition) is 1. The molecule has 144 valence electrons. The Morgan fingerprint density at radius 1 is 1.21 bits per heavy atom. The molecule has 4 aromatic rings. The fourth-order valence-corrected chi connectivity index (χ4v) is 3.46. The Hall–Kier alpha value is -3.69. The van der Waals surface area contributed by atoms with E-state index >= 15 is 0 Å². The van der Waals surface area contributed by atoms with E-state index in [9.17, 15) is 19.7 Å². The first-order valence-electron chi connectivity index (χ1n) is 8.89. The van der Waals surface area contributed by atoms with Gasteiger partial charge in [-0.05, 0) is 11.3 Å². The minimum atomic E-state index is -0.707. The molecule has 0 spiro atoms. The number of nitrogens with one attached hydrogen (secondary N) is 1. The monoisotopic (exact) mass is 382 g/mol. The first-order chi connectivity index (χ1) is 13.5. The number of rotatable bonds is 5. The van der Waals surface area contributed by atoms with Gasteiger partial charge < -0.3 is 10.1 Å². The Labute approximate surface area is 157 Å². The number of nitro groups is 1. The van der Waals surface area contributed by atoms with Gasteiger partial charge in [0, 0.05) is 19.2 Å². The largest absolute Gasteiger partial charge is 0.358 e. The van der Waals surface area contributed by atoms with Gasteiger partial charge in [-0.2, -0.15) is 4.98 Å². The van der Waals surface area contributed by atoms with E-state index in [-0.39, 0.29) is 22.8 Å². The summed E-state index contributed by atoms with van der Waals surface area (Å²) in [5.41, 5.74) is -0.194. The van der Waals surface area contributed by atoms with Crippen LogP contribution in [0.4, 0.5) is 5.82 Å². The van der Waals surface area contributed by atoms with Crippen LogP contribution in [0.15, 0.2) is 39.9 Å². The van der Waals surface area contributed by atoms with Gasteiger partial charge in [-0.3, -0.25) is 18.9 Å². The van der Waals surface area contributed by atoms with Crippen LogP contribution >= 0.6 is 0 Å². The van der Waals surface area contributed by atoms with Crippen molar-refractivity contribution in [2.75, 3.05) is 0 Å². The minimum absolute atomic E-state index is 0.0174. The zero-order valence-corrected chi connectivity index (χ0v) is 15.4. The molecule has 1 aromatic carbocycles. The molecule has 28 heavy (non-hydrogen) atoms. The van der Waals surface area contributed by atoms with Crippen molar-refractivity contribution in [3.8, 4) is 11.3 Å². The van der Waals surface area contributed by atoms with Crippen LogP contribution in [0.2, 0.25) is 0 Å². The first-order valence-corrected chi connectivity index (χ1v) is 8.89. The molecule has 0 atom stereocenters. The normalized spacial score (nSPS) is 11.5. The Kier molecular flexibility index (Phi) is 4.10. The van der Waals surface area contributed by atoms with Crippen LogP contribution in [0.5, 0.6) is 0 Å². The zero-order chi connectivity index (χ0) is 20.0. The third-order valence-electron chi connectivity index (χ3n) is 4.79. The highest BCUT2D eigenvalue weighted by molar-refractivity contribution is 5.83. The van der Waals surface area contributed by atoms with Crippen LogP contribution in [-0.4, -0.2) is 28.4 Å². The number of nitrogens with zero attached hydrogens (tertiary/aromatic N) is 5. The molecule has 3 aromatic heterocycles. The van der Waals surface area contributed by atoms with Crippen LogP contribution in [0, 0.1) is 10.1 Å². The number of hydrogen-bond acceptors (Lipinski definition) is 5. The standard InChI is InChI=1S/C18H18N6O4/c1-3-4-10-22-12(11-8-6-5-7-9-11)16(24(27)28)23-13-14(19-17(22)23)21(2)18(26)20-15(13)25/h5-9H,3-4,10H2,1-2H3,(H,20,25,26). The number of aromatic nitrogens is 5. The number of fused-ring (bicyclic) bond motifs is 3. The van der Waals surface area contributed by atoms with Crippen molar-refractivity contribution in [1.82, 2.24) is 23.5 Å². The molecule has 0 saturated carbocycles. The molecule has 10 nitrogen and oxygen atoms in total. The molecular formula is C18H18N6O4. The number of imidazole rings is 2.